The minimum Gasteiger partial charge on any atom is -0.348 e. The Morgan fingerprint density at radius 2 is 1.78 bits per heavy atom. The molecular weight excluding hydrogens is 451 g/mol. The summed E-state index contributed by atoms with van der Waals surface area (Å²) >= 11 is 12.0. The van der Waals surface area contributed by atoms with Crippen molar-refractivity contribution in [3.63, 3.8) is 0 Å². The van der Waals surface area contributed by atoms with Gasteiger partial charge in [-0.2, -0.15) is 0 Å². The van der Waals surface area contributed by atoms with Crippen molar-refractivity contribution in [3.8, 4) is 0 Å². The number of nitrogens with one attached hydrogen (secondary N) is 2. The lowest BCUT2D eigenvalue weighted by atomic mass is 9.91. The normalized spacial score (nSPS) is 22.7. The summed E-state index contributed by atoms with van der Waals surface area (Å²) in [5.74, 6) is -0.999. The molecule has 1 aliphatic carbocycles. The number of nitrogens with two attached hydrogens (primary N) is 1. The van der Waals surface area contributed by atoms with Gasteiger partial charge in [-0.1, -0.05) is 36.0 Å². The summed E-state index contributed by atoms with van der Waals surface area (Å²) in [5.41, 5.74) is 7.73. The van der Waals surface area contributed by atoms with E-state index < -0.39 is 11.9 Å². The van der Waals surface area contributed by atoms with E-state index in [1.54, 1.807) is 31.2 Å². The van der Waals surface area contributed by atoms with Crippen LogP contribution in [0.15, 0.2) is 36.4 Å². The number of carbonyl (C=O) groups is 3. The second-order valence-corrected chi connectivity index (χ2v) is 9.04. The first kappa shape index (κ1) is 22.6. The van der Waals surface area contributed by atoms with Crippen molar-refractivity contribution in [2.75, 3.05) is 10.2 Å². The summed E-state index contributed by atoms with van der Waals surface area (Å²) < 4.78 is 0. The van der Waals surface area contributed by atoms with Gasteiger partial charge in [0.25, 0.3) is 11.8 Å². The molecule has 2 aromatic carbocycles. The van der Waals surface area contributed by atoms with E-state index in [0.717, 1.165) is 25.7 Å². The Labute approximate surface area is 196 Å². The molecule has 0 aromatic heterocycles. The zero-order valence-corrected chi connectivity index (χ0v) is 19.0. The highest BCUT2D eigenvalue weighted by molar-refractivity contribution is 6.42. The SMILES string of the molecule is CC1C(=O)Nc2cc(C(=O)NC3CCCCC3N)ccc2N1C(=O)c1ccc(Cl)c(Cl)c1. The first-order valence-electron chi connectivity index (χ1n) is 10.6. The Hall–Kier alpha value is -2.61. The van der Waals surface area contributed by atoms with Crippen LogP contribution >= 0.6 is 23.2 Å². The van der Waals surface area contributed by atoms with Gasteiger partial charge in [0.1, 0.15) is 6.04 Å². The first-order valence-corrected chi connectivity index (χ1v) is 11.3. The van der Waals surface area contributed by atoms with Crippen molar-refractivity contribution >= 4 is 52.3 Å². The number of hydrogen-bond donors (Lipinski definition) is 3. The number of carbonyl (C=O) groups excluding carboxylic acids is 3. The minimum absolute atomic E-state index is 0.0646. The molecule has 2 aromatic rings. The molecule has 1 aliphatic heterocycles. The molecule has 32 heavy (non-hydrogen) atoms. The summed E-state index contributed by atoms with van der Waals surface area (Å²) in [4.78, 5) is 40.1. The van der Waals surface area contributed by atoms with Gasteiger partial charge in [-0.15, -0.1) is 0 Å². The average molecular weight is 475 g/mol. The highest BCUT2D eigenvalue weighted by atomic mass is 35.5. The first-order chi connectivity index (χ1) is 15.3. The number of benzene rings is 2. The van der Waals surface area contributed by atoms with Crippen molar-refractivity contribution in [3.05, 3.63) is 57.6 Å². The number of hydrogen-bond acceptors (Lipinski definition) is 4. The molecule has 3 amide bonds. The lowest BCUT2D eigenvalue weighted by molar-refractivity contribution is -0.117. The maximum Gasteiger partial charge on any atom is 0.259 e. The van der Waals surface area contributed by atoms with Crippen LogP contribution in [0.2, 0.25) is 10.0 Å². The van der Waals surface area contributed by atoms with E-state index >= 15 is 0 Å². The number of halogens is 2. The van der Waals surface area contributed by atoms with Crippen molar-refractivity contribution in [1.29, 1.82) is 0 Å². The molecule has 7 nitrogen and oxygen atoms in total. The number of fused-ring (bicyclic) bond motifs is 1. The van der Waals surface area contributed by atoms with Crippen LogP contribution in [0.1, 0.15) is 53.3 Å². The minimum atomic E-state index is -0.746. The summed E-state index contributed by atoms with van der Waals surface area (Å²) in [6, 6.07) is 8.57. The lowest BCUT2D eigenvalue weighted by Crippen LogP contribution is -2.50. The topological polar surface area (TPSA) is 105 Å². The van der Waals surface area contributed by atoms with Crippen LogP contribution in [0, 0.1) is 0 Å². The third kappa shape index (κ3) is 4.33. The molecule has 0 bridgehead atoms. The van der Waals surface area contributed by atoms with Gasteiger partial charge in [0.15, 0.2) is 0 Å². The second-order valence-electron chi connectivity index (χ2n) is 8.23. The van der Waals surface area contributed by atoms with Gasteiger partial charge in [0.2, 0.25) is 5.91 Å². The third-order valence-corrected chi connectivity index (χ3v) is 6.80. The lowest BCUT2D eigenvalue weighted by Gasteiger charge is -2.35. The fraction of sp³-hybridized carbons (Fsp3) is 0.348. The van der Waals surface area contributed by atoms with Gasteiger partial charge >= 0.3 is 0 Å². The predicted octanol–water partition coefficient (Wildman–Crippen LogP) is 3.98. The third-order valence-electron chi connectivity index (χ3n) is 6.06. The number of rotatable bonds is 3. The molecule has 0 radical (unpaired) electrons. The Kier molecular flexibility index (Phi) is 6.42. The summed E-state index contributed by atoms with van der Waals surface area (Å²) in [7, 11) is 0. The highest BCUT2D eigenvalue weighted by Gasteiger charge is 2.35. The van der Waals surface area contributed by atoms with E-state index in [-0.39, 0.29) is 28.9 Å². The molecule has 9 heteroatoms. The van der Waals surface area contributed by atoms with Crippen LogP contribution < -0.4 is 21.3 Å². The maximum atomic E-state index is 13.3. The van der Waals surface area contributed by atoms with Gasteiger partial charge in [0, 0.05) is 23.2 Å². The largest absolute Gasteiger partial charge is 0.348 e. The molecule has 4 N–H and O–H groups in total. The van der Waals surface area contributed by atoms with Crippen LogP contribution in [-0.2, 0) is 4.79 Å². The average Bonchev–Trinajstić information content (AvgIpc) is 2.77. The van der Waals surface area contributed by atoms with E-state index in [4.69, 9.17) is 28.9 Å². The number of nitrogens with zero attached hydrogens (tertiary/aromatic N) is 1. The van der Waals surface area contributed by atoms with Crippen molar-refractivity contribution in [2.24, 2.45) is 5.73 Å². The van der Waals surface area contributed by atoms with Gasteiger partial charge in [-0.05, 0) is 56.2 Å². The van der Waals surface area contributed by atoms with E-state index in [2.05, 4.69) is 10.6 Å². The zero-order chi connectivity index (χ0) is 23.0. The molecule has 2 aliphatic rings. The van der Waals surface area contributed by atoms with E-state index in [9.17, 15) is 14.4 Å². The predicted molar refractivity (Wildman–Crippen MR) is 126 cm³/mol. The van der Waals surface area contributed by atoms with Crippen molar-refractivity contribution in [1.82, 2.24) is 5.32 Å². The molecule has 1 fully saturated rings. The molecule has 3 unspecified atom stereocenters. The van der Waals surface area contributed by atoms with Crippen LogP contribution in [0.3, 0.4) is 0 Å². The van der Waals surface area contributed by atoms with E-state index in [0.29, 0.717) is 27.5 Å². The molecule has 0 saturated heterocycles. The Morgan fingerprint density at radius 1 is 1.06 bits per heavy atom. The van der Waals surface area contributed by atoms with E-state index in [1.807, 2.05) is 0 Å². The quantitative estimate of drug-likeness (QED) is 0.625. The summed E-state index contributed by atoms with van der Waals surface area (Å²) in [6.45, 7) is 1.64. The molecule has 0 spiro atoms. The number of anilines is 2. The maximum absolute atomic E-state index is 13.3. The Balaban J connectivity index is 1.62. The van der Waals surface area contributed by atoms with Crippen LogP contribution in [0.25, 0.3) is 0 Å². The van der Waals surface area contributed by atoms with Crippen LogP contribution in [0.4, 0.5) is 11.4 Å². The molecule has 1 heterocycles. The zero-order valence-electron chi connectivity index (χ0n) is 17.5. The second kappa shape index (κ2) is 9.10. The molecule has 1 saturated carbocycles. The Bertz CT molecular complexity index is 1090. The standard InChI is InChI=1S/C23H24Cl2N4O3/c1-12-21(30)28-19-11-13(22(31)27-18-5-3-2-4-17(18)26)7-9-20(19)29(12)23(32)14-6-8-15(24)16(25)10-14/h6-12,17-18H,2-5,26H2,1H3,(H,27,31)(H,28,30). The molecule has 3 atom stereocenters. The van der Waals surface area contributed by atoms with Gasteiger partial charge in [-0.25, -0.2) is 0 Å². The number of amides is 3. The van der Waals surface area contributed by atoms with Crippen molar-refractivity contribution < 1.29 is 14.4 Å². The molecule has 168 valence electrons. The smallest absolute Gasteiger partial charge is 0.259 e. The summed E-state index contributed by atoms with van der Waals surface area (Å²) in [5, 5.41) is 6.37. The molecule has 4 rings (SSSR count). The van der Waals surface area contributed by atoms with Crippen LogP contribution in [-0.4, -0.2) is 35.8 Å². The molecular formula is C23H24Cl2N4O3. The van der Waals surface area contributed by atoms with Crippen LogP contribution in [0.5, 0.6) is 0 Å². The monoisotopic (exact) mass is 474 g/mol. The summed E-state index contributed by atoms with van der Waals surface area (Å²) in [6.07, 6.45) is 3.83. The fourth-order valence-electron chi connectivity index (χ4n) is 4.19. The van der Waals surface area contributed by atoms with Gasteiger partial charge < -0.3 is 16.4 Å². The van der Waals surface area contributed by atoms with E-state index in [1.165, 1.54) is 17.0 Å². The fourth-order valence-corrected chi connectivity index (χ4v) is 4.49. The highest BCUT2D eigenvalue weighted by Crippen LogP contribution is 2.35. The van der Waals surface area contributed by atoms with Gasteiger partial charge in [0.05, 0.1) is 21.4 Å². The Morgan fingerprint density at radius 3 is 2.50 bits per heavy atom. The van der Waals surface area contributed by atoms with Gasteiger partial charge in [-0.3, -0.25) is 19.3 Å². The van der Waals surface area contributed by atoms with Crippen molar-refractivity contribution in [2.45, 2.75) is 50.7 Å².